The van der Waals surface area contributed by atoms with Crippen LogP contribution in [0.1, 0.15) is 30.6 Å². The minimum atomic E-state index is -0.0254. The van der Waals surface area contributed by atoms with Gasteiger partial charge in [-0.1, -0.05) is 13.8 Å². The standard InChI is InChI=1S/C16H24N2O3/c1-4-17(5-2)13-8-9-18(11-13)16(20)12-6-7-15(21-3)14(19)10-12/h6-7,10,13,19H,4-5,8-9,11H2,1-3H3. The van der Waals surface area contributed by atoms with Gasteiger partial charge >= 0.3 is 0 Å². The third-order valence-electron chi connectivity index (χ3n) is 4.21. The van der Waals surface area contributed by atoms with Gasteiger partial charge in [0.05, 0.1) is 7.11 Å². The molecule has 0 spiro atoms. The number of phenolic OH excluding ortho intramolecular Hbond substituents is 1. The van der Waals surface area contributed by atoms with Crippen molar-refractivity contribution in [2.24, 2.45) is 0 Å². The fourth-order valence-electron chi connectivity index (χ4n) is 2.97. The summed E-state index contributed by atoms with van der Waals surface area (Å²) in [6, 6.07) is 5.24. The van der Waals surface area contributed by atoms with Crippen molar-refractivity contribution >= 4 is 5.91 Å². The summed E-state index contributed by atoms with van der Waals surface area (Å²) < 4.78 is 5.00. The van der Waals surface area contributed by atoms with Crippen LogP contribution in [-0.4, -0.2) is 60.1 Å². The summed E-state index contributed by atoms with van der Waals surface area (Å²) in [7, 11) is 1.49. The third-order valence-corrected chi connectivity index (χ3v) is 4.21. The van der Waals surface area contributed by atoms with Crippen LogP contribution in [0.5, 0.6) is 11.5 Å². The maximum absolute atomic E-state index is 12.5. The molecule has 1 unspecified atom stereocenters. The zero-order valence-electron chi connectivity index (χ0n) is 13.0. The molecule has 0 saturated carbocycles. The van der Waals surface area contributed by atoms with Gasteiger partial charge < -0.3 is 14.7 Å². The molecule has 1 aliphatic heterocycles. The van der Waals surface area contributed by atoms with Crippen molar-refractivity contribution in [1.29, 1.82) is 0 Å². The highest BCUT2D eigenvalue weighted by Gasteiger charge is 2.29. The molecule has 1 fully saturated rings. The molecule has 1 atom stereocenters. The predicted molar refractivity (Wildman–Crippen MR) is 81.9 cm³/mol. The Kier molecular flexibility index (Phi) is 5.07. The molecule has 1 amide bonds. The highest BCUT2D eigenvalue weighted by Crippen LogP contribution is 2.27. The van der Waals surface area contributed by atoms with E-state index in [1.165, 1.54) is 13.2 Å². The molecule has 0 aliphatic carbocycles. The van der Waals surface area contributed by atoms with E-state index >= 15 is 0 Å². The van der Waals surface area contributed by atoms with Gasteiger partial charge in [0.15, 0.2) is 11.5 Å². The third kappa shape index (κ3) is 3.29. The molecule has 1 aliphatic rings. The maximum Gasteiger partial charge on any atom is 0.254 e. The van der Waals surface area contributed by atoms with Gasteiger partial charge in [-0.05, 0) is 37.7 Å². The minimum absolute atomic E-state index is 0.00263. The van der Waals surface area contributed by atoms with Crippen molar-refractivity contribution in [1.82, 2.24) is 9.80 Å². The number of rotatable bonds is 5. The van der Waals surface area contributed by atoms with Crippen molar-refractivity contribution in [2.75, 3.05) is 33.3 Å². The highest BCUT2D eigenvalue weighted by atomic mass is 16.5. The number of nitrogens with zero attached hydrogens (tertiary/aromatic N) is 2. The number of likely N-dealkylation sites (N-methyl/N-ethyl adjacent to an activating group) is 1. The van der Waals surface area contributed by atoms with Gasteiger partial charge in [-0.15, -0.1) is 0 Å². The summed E-state index contributed by atoms with van der Waals surface area (Å²) in [6.45, 7) is 7.84. The number of hydrogen-bond acceptors (Lipinski definition) is 4. The number of aromatic hydroxyl groups is 1. The first kappa shape index (κ1) is 15.6. The van der Waals surface area contributed by atoms with Crippen molar-refractivity contribution in [2.45, 2.75) is 26.3 Å². The van der Waals surface area contributed by atoms with Gasteiger partial charge in [0, 0.05) is 24.7 Å². The van der Waals surface area contributed by atoms with E-state index < -0.39 is 0 Å². The zero-order valence-corrected chi connectivity index (χ0v) is 13.0. The second kappa shape index (κ2) is 6.80. The Morgan fingerprint density at radius 1 is 1.43 bits per heavy atom. The van der Waals surface area contributed by atoms with E-state index in [2.05, 4.69) is 18.7 Å². The zero-order chi connectivity index (χ0) is 15.4. The lowest BCUT2D eigenvalue weighted by atomic mass is 10.2. The Morgan fingerprint density at radius 2 is 2.14 bits per heavy atom. The quantitative estimate of drug-likeness (QED) is 0.901. The van der Waals surface area contributed by atoms with E-state index in [4.69, 9.17) is 4.74 Å². The number of carbonyl (C=O) groups is 1. The van der Waals surface area contributed by atoms with Gasteiger partial charge in [0.25, 0.3) is 5.91 Å². The van der Waals surface area contributed by atoms with Crippen LogP contribution < -0.4 is 4.74 Å². The number of benzene rings is 1. The molecule has 1 saturated heterocycles. The highest BCUT2D eigenvalue weighted by molar-refractivity contribution is 5.95. The summed E-state index contributed by atoms with van der Waals surface area (Å²) in [5.41, 5.74) is 0.508. The fourth-order valence-corrected chi connectivity index (χ4v) is 2.97. The lowest BCUT2D eigenvalue weighted by molar-refractivity contribution is 0.0777. The van der Waals surface area contributed by atoms with Crippen LogP contribution >= 0.6 is 0 Å². The molecular weight excluding hydrogens is 268 g/mol. The van der Waals surface area contributed by atoms with E-state index in [9.17, 15) is 9.90 Å². The number of likely N-dealkylation sites (tertiary alicyclic amines) is 1. The summed E-state index contributed by atoms with van der Waals surface area (Å²) in [5.74, 6) is 0.361. The van der Waals surface area contributed by atoms with Gasteiger partial charge in [-0.2, -0.15) is 0 Å². The second-order valence-corrected chi connectivity index (χ2v) is 5.30. The Morgan fingerprint density at radius 3 is 2.71 bits per heavy atom. The number of methoxy groups -OCH3 is 1. The number of hydrogen-bond donors (Lipinski definition) is 1. The maximum atomic E-state index is 12.5. The molecule has 116 valence electrons. The number of carbonyl (C=O) groups excluding carboxylic acids is 1. The first-order valence-corrected chi connectivity index (χ1v) is 7.51. The molecule has 1 N–H and O–H groups in total. The van der Waals surface area contributed by atoms with Crippen molar-refractivity contribution in [3.8, 4) is 11.5 Å². The SMILES string of the molecule is CCN(CC)C1CCN(C(=O)c2ccc(OC)c(O)c2)C1. The van der Waals surface area contributed by atoms with Gasteiger partial charge in [0.1, 0.15) is 0 Å². The normalized spacial score (nSPS) is 18.3. The molecule has 1 aromatic rings. The number of ether oxygens (including phenoxy) is 1. The Bertz CT molecular complexity index is 500. The lowest BCUT2D eigenvalue weighted by Crippen LogP contribution is -2.38. The van der Waals surface area contributed by atoms with E-state index in [1.807, 2.05) is 4.90 Å². The van der Waals surface area contributed by atoms with Crippen LogP contribution in [0.2, 0.25) is 0 Å². The molecule has 1 heterocycles. The smallest absolute Gasteiger partial charge is 0.254 e. The largest absolute Gasteiger partial charge is 0.504 e. The summed E-state index contributed by atoms with van der Waals surface area (Å²) in [5, 5.41) is 9.80. The summed E-state index contributed by atoms with van der Waals surface area (Å²) >= 11 is 0. The van der Waals surface area contributed by atoms with E-state index in [0.29, 0.717) is 17.4 Å². The fraction of sp³-hybridized carbons (Fsp3) is 0.562. The molecule has 2 rings (SSSR count). The van der Waals surface area contributed by atoms with Crippen molar-refractivity contribution < 1.29 is 14.6 Å². The number of phenols is 1. The van der Waals surface area contributed by atoms with Crippen LogP contribution in [0.25, 0.3) is 0 Å². The molecule has 21 heavy (non-hydrogen) atoms. The molecule has 1 aromatic carbocycles. The van der Waals surface area contributed by atoms with Crippen LogP contribution in [0.15, 0.2) is 18.2 Å². The first-order valence-electron chi connectivity index (χ1n) is 7.51. The van der Waals surface area contributed by atoms with Crippen molar-refractivity contribution in [3.63, 3.8) is 0 Å². The average molecular weight is 292 g/mol. The lowest BCUT2D eigenvalue weighted by Gasteiger charge is -2.26. The van der Waals surface area contributed by atoms with Gasteiger partial charge in [-0.25, -0.2) is 0 Å². The summed E-state index contributed by atoms with van der Waals surface area (Å²) in [6.07, 6.45) is 1.01. The predicted octanol–water partition coefficient (Wildman–Crippen LogP) is 1.96. The van der Waals surface area contributed by atoms with E-state index in [-0.39, 0.29) is 11.7 Å². The molecule has 0 bridgehead atoms. The monoisotopic (exact) mass is 292 g/mol. The molecular formula is C16H24N2O3. The Balaban J connectivity index is 2.06. The molecule has 5 heteroatoms. The molecule has 5 nitrogen and oxygen atoms in total. The minimum Gasteiger partial charge on any atom is -0.504 e. The molecule has 0 radical (unpaired) electrons. The average Bonchev–Trinajstić information content (AvgIpc) is 2.97. The van der Waals surface area contributed by atoms with Crippen LogP contribution in [0.3, 0.4) is 0 Å². The topological polar surface area (TPSA) is 53.0 Å². The first-order chi connectivity index (χ1) is 10.1. The van der Waals surface area contributed by atoms with E-state index in [0.717, 1.165) is 32.6 Å². The van der Waals surface area contributed by atoms with Crippen LogP contribution in [-0.2, 0) is 0 Å². The summed E-state index contributed by atoms with van der Waals surface area (Å²) in [4.78, 5) is 16.8. The van der Waals surface area contributed by atoms with Crippen LogP contribution in [0.4, 0.5) is 0 Å². The van der Waals surface area contributed by atoms with Crippen molar-refractivity contribution in [3.05, 3.63) is 23.8 Å². The molecule has 0 aromatic heterocycles. The van der Waals surface area contributed by atoms with Crippen LogP contribution in [0, 0.1) is 0 Å². The second-order valence-electron chi connectivity index (χ2n) is 5.30. The number of amides is 1. The van der Waals surface area contributed by atoms with Gasteiger partial charge in [-0.3, -0.25) is 9.69 Å². The Hall–Kier alpha value is -1.75. The van der Waals surface area contributed by atoms with E-state index in [1.54, 1.807) is 12.1 Å². The Labute approximate surface area is 126 Å². The van der Waals surface area contributed by atoms with Gasteiger partial charge in [0.2, 0.25) is 0 Å².